The number of aliphatic carboxylic acids is 1. The van der Waals surface area contributed by atoms with Gasteiger partial charge >= 0.3 is 35.5 Å². The Bertz CT molecular complexity index is 71.7. The first-order valence-corrected chi connectivity index (χ1v) is 2.03. The Morgan fingerprint density at radius 2 is 2.12 bits per heavy atom. The van der Waals surface area contributed by atoms with Crippen LogP contribution < -0.4 is 29.6 Å². The van der Waals surface area contributed by atoms with E-state index in [9.17, 15) is 4.79 Å². The number of hydrogen-bond acceptors (Lipinski definition) is 2. The predicted molar refractivity (Wildman–Crippen MR) is 23.9 cm³/mol. The average Bonchev–Trinajstić information content (AvgIpc) is 1.27. The van der Waals surface area contributed by atoms with Gasteiger partial charge in [-0.2, -0.15) is 0 Å². The zero-order valence-electron chi connectivity index (χ0n) is 5.09. The zero-order chi connectivity index (χ0) is 5.86. The second-order valence-electron chi connectivity index (χ2n) is 1.45. The molecule has 0 aliphatic heterocycles. The molecule has 0 bridgehead atoms. The molecule has 0 spiro atoms. The number of carbonyl (C=O) groups is 1. The Kier molecular flexibility index (Phi) is 7.83. The predicted octanol–water partition coefficient (Wildman–Crippen LogP) is -3.15. The van der Waals surface area contributed by atoms with E-state index in [-0.39, 0.29) is 36.0 Å². The SMILES string of the molecule is C[C@H](O)CC(=O)O.[Na+]. The molecule has 0 aromatic heterocycles. The fraction of sp³-hybridized carbons (Fsp3) is 0.750. The molecule has 3 nitrogen and oxygen atoms in total. The molecular weight excluding hydrogens is 119 g/mol. The summed E-state index contributed by atoms with van der Waals surface area (Å²) < 4.78 is 0. The van der Waals surface area contributed by atoms with Gasteiger partial charge in [0.25, 0.3) is 0 Å². The molecule has 0 amide bonds. The Hall–Kier alpha value is 0.430. The Morgan fingerprint density at radius 1 is 1.75 bits per heavy atom. The molecular formula is C4H8NaO3+. The molecule has 1 atom stereocenters. The van der Waals surface area contributed by atoms with Crippen LogP contribution in [0.5, 0.6) is 0 Å². The van der Waals surface area contributed by atoms with E-state index in [4.69, 9.17) is 10.2 Å². The minimum atomic E-state index is -0.963. The van der Waals surface area contributed by atoms with Gasteiger partial charge in [0.15, 0.2) is 0 Å². The van der Waals surface area contributed by atoms with Crippen molar-refractivity contribution in [2.45, 2.75) is 19.4 Å². The molecule has 0 aromatic rings. The number of carboxylic acid groups (broad SMARTS) is 1. The topological polar surface area (TPSA) is 57.5 Å². The Balaban J connectivity index is 0. The fourth-order valence-electron chi connectivity index (χ4n) is 0.253. The molecule has 0 unspecified atom stereocenters. The van der Waals surface area contributed by atoms with Crippen LogP contribution in [-0.2, 0) is 4.79 Å². The van der Waals surface area contributed by atoms with Crippen LogP contribution in [0.25, 0.3) is 0 Å². The van der Waals surface area contributed by atoms with E-state index in [0.29, 0.717) is 0 Å². The molecule has 0 radical (unpaired) electrons. The van der Waals surface area contributed by atoms with Crippen LogP contribution in [0.1, 0.15) is 13.3 Å². The zero-order valence-corrected chi connectivity index (χ0v) is 7.09. The maximum absolute atomic E-state index is 9.65. The normalized spacial score (nSPS) is 11.8. The molecule has 0 aliphatic rings. The second kappa shape index (κ2) is 5.56. The average molecular weight is 127 g/mol. The van der Waals surface area contributed by atoms with Crippen molar-refractivity contribution in [2.24, 2.45) is 0 Å². The smallest absolute Gasteiger partial charge is 0.481 e. The number of carboxylic acids is 1. The van der Waals surface area contributed by atoms with Crippen LogP contribution >= 0.6 is 0 Å². The van der Waals surface area contributed by atoms with Gasteiger partial charge in [0, 0.05) is 0 Å². The Labute approximate surface area is 70.0 Å². The fourth-order valence-corrected chi connectivity index (χ4v) is 0.253. The second-order valence-corrected chi connectivity index (χ2v) is 1.45. The molecule has 42 valence electrons. The third-order valence-electron chi connectivity index (χ3n) is 0.470. The van der Waals surface area contributed by atoms with Gasteiger partial charge in [-0.15, -0.1) is 0 Å². The number of hydrogen-bond donors (Lipinski definition) is 2. The van der Waals surface area contributed by atoms with Crippen molar-refractivity contribution < 1.29 is 44.6 Å². The van der Waals surface area contributed by atoms with Gasteiger partial charge in [-0.1, -0.05) is 0 Å². The minimum absolute atomic E-state index is 0. The van der Waals surface area contributed by atoms with Gasteiger partial charge in [0.2, 0.25) is 0 Å². The van der Waals surface area contributed by atoms with Crippen molar-refractivity contribution in [1.82, 2.24) is 0 Å². The molecule has 2 N–H and O–H groups in total. The van der Waals surface area contributed by atoms with E-state index in [1.807, 2.05) is 0 Å². The quantitative estimate of drug-likeness (QED) is 0.385. The van der Waals surface area contributed by atoms with E-state index in [1.165, 1.54) is 6.92 Å². The number of rotatable bonds is 2. The summed E-state index contributed by atoms with van der Waals surface area (Å²) in [5.74, 6) is -0.963. The summed E-state index contributed by atoms with van der Waals surface area (Å²) in [6, 6.07) is 0. The van der Waals surface area contributed by atoms with Crippen LogP contribution in [0.2, 0.25) is 0 Å². The van der Waals surface area contributed by atoms with Crippen LogP contribution in [0.15, 0.2) is 0 Å². The third-order valence-corrected chi connectivity index (χ3v) is 0.470. The van der Waals surface area contributed by atoms with Crippen LogP contribution in [0.3, 0.4) is 0 Å². The molecule has 0 aromatic carbocycles. The van der Waals surface area contributed by atoms with E-state index >= 15 is 0 Å². The van der Waals surface area contributed by atoms with Gasteiger partial charge in [-0.05, 0) is 6.92 Å². The summed E-state index contributed by atoms with van der Waals surface area (Å²) in [6.07, 6.45) is -0.891. The van der Waals surface area contributed by atoms with E-state index < -0.39 is 12.1 Å². The van der Waals surface area contributed by atoms with Gasteiger partial charge in [-0.3, -0.25) is 4.79 Å². The first kappa shape index (κ1) is 11.3. The molecule has 8 heavy (non-hydrogen) atoms. The van der Waals surface area contributed by atoms with Crippen LogP contribution in [0, 0.1) is 0 Å². The summed E-state index contributed by atoms with van der Waals surface area (Å²) in [7, 11) is 0. The summed E-state index contributed by atoms with van der Waals surface area (Å²) in [4.78, 5) is 9.65. The summed E-state index contributed by atoms with van der Waals surface area (Å²) in [5, 5.41) is 16.3. The van der Waals surface area contributed by atoms with Crippen molar-refractivity contribution >= 4 is 5.97 Å². The summed E-state index contributed by atoms with van der Waals surface area (Å²) in [6.45, 7) is 1.44. The van der Waals surface area contributed by atoms with Crippen molar-refractivity contribution in [3.05, 3.63) is 0 Å². The first-order chi connectivity index (χ1) is 3.13. The van der Waals surface area contributed by atoms with Crippen molar-refractivity contribution in [3.8, 4) is 0 Å². The third kappa shape index (κ3) is 9.66. The van der Waals surface area contributed by atoms with E-state index in [2.05, 4.69) is 0 Å². The van der Waals surface area contributed by atoms with E-state index in [0.717, 1.165) is 0 Å². The van der Waals surface area contributed by atoms with Gasteiger partial charge in [0.1, 0.15) is 0 Å². The van der Waals surface area contributed by atoms with Crippen molar-refractivity contribution in [1.29, 1.82) is 0 Å². The summed E-state index contributed by atoms with van der Waals surface area (Å²) >= 11 is 0. The minimum Gasteiger partial charge on any atom is -0.481 e. The summed E-state index contributed by atoms with van der Waals surface area (Å²) in [5.41, 5.74) is 0. The van der Waals surface area contributed by atoms with Crippen LogP contribution in [0.4, 0.5) is 0 Å². The maximum atomic E-state index is 9.65. The molecule has 0 saturated heterocycles. The Morgan fingerprint density at radius 3 is 2.12 bits per heavy atom. The van der Waals surface area contributed by atoms with E-state index in [1.54, 1.807) is 0 Å². The van der Waals surface area contributed by atoms with Gasteiger partial charge < -0.3 is 10.2 Å². The molecule has 0 rings (SSSR count). The molecule has 4 heteroatoms. The molecule has 0 saturated carbocycles. The van der Waals surface area contributed by atoms with Gasteiger partial charge in [-0.25, -0.2) is 0 Å². The first-order valence-electron chi connectivity index (χ1n) is 2.03. The maximum Gasteiger partial charge on any atom is 1.00 e. The molecule has 0 heterocycles. The standard InChI is InChI=1S/C4H8O3.Na/c1-3(5)2-4(6)7;/h3,5H,2H2,1H3,(H,6,7);/q;+1/t3-;/m0./s1. The molecule has 0 aliphatic carbocycles. The van der Waals surface area contributed by atoms with Crippen LogP contribution in [-0.4, -0.2) is 22.3 Å². The monoisotopic (exact) mass is 127 g/mol. The van der Waals surface area contributed by atoms with Crippen molar-refractivity contribution in [2.75, 3.05) is 0 Å². The van der Waals surface area contributed by atoms with Crippen molar-refractivity contribution in [3.63, 3.8) is 0 Å². The number of aliphatic hydroxyl groups is 1. The largest absolute Gasteiger partial charge is 1.00 e. The number of aliphatic hydroxyl groups excluding tert-OH is 1. The molecule has 0 fully saturated rings. The van der Waals surface area contributed by atoms with Gasteiger partial charge in [0.05, 0.1) is 12.5 Å².